The molecule has 1 rings (SSSR count). The topological polar surface area (TPSA) is 35.5 Å². The van der Waals surface area contributed by atoms with Crippen molar-refractivity contribution in [2.24, 2.45) is 17.8 Å². The van der Waals surface area contributed by atoms with Gasteiger partial charge in [0.15, 0.2) is 8.27 Å². The first-order valence-electron chi connectivity index (χ1n) is 7.63. The Morgan fingerprint density at radius 3 is 2.65 bits per heavy atom. The third kappa shape index (κ3) is 7.50. The fraction of sp³-hybridized carbons (Fsp3) is 1.00. The summed E-state index contributed by atoms with van der Waals surface area (Å²) in [6.45, 7) is 9.19. The highest BCUT2D eigenvalue weighted by molar-refractivity contribution is 8.12. The Hall–Kier alpha value is 0.515. The molecule has 0 spiro atoms. The van der Waals surface area contributed by atoms with Crippen LogP contribution in [0.5, 0.6) is 0 Å². The highest BCUT2D eigenvalue weighted by Crippen LogP contribution is 2.47. The van der Waals surface area contributed by atoms with E-state index in [2.05, 4.69) is 27.7 Å². The maximum atomic E-state index is 11.7. The van der Waals surface area contributed by atoms with Crippen LogP contribution in [-0.4, -0.2) is 32.7 Å². The summed E-state index contributed by atoms with van der Waals surface area (Å²) < 4.78 is 22.9. The Morgan fingerprint density at radius 2 is 2.05 bits per heavy atom. The molecule has 0 aromatic rings. The first-order valence-corrected chi connectivity index (χ1v) is 10.9. The lowest BCUT2D eigenvalue weighted by molar-refractivity contribution is 0.0657. The number of ether oxygens (including phenoxy) is 1. The third-order valence-electron chi connectivity index (χ3n) is 3.38. The van der Waals surface area contributed by atoms with Crippen molar-refractivity contribution in [3.05, 3.63) is 0 Å². The maximum Gasteiger partial charge on any atom is 0.520 e. The summed E-state index contributed by atoms with van der Waals surface area (Å²) in [4.78, 5) is 0. The molecule has 1 saturated heterocycles. The minimum Gasteiger partial charge on any atom is -0.384 e. The van der Waals surface area contributed by atoms with Gasteiger partial charge >= 0.3 is 7.72 Å². The predicted octanol–water partition coefficient (Wildman–Crippen LogP) is 4.33. The van der Waals surface area contributed by atoms with Gasteiger partial charge in [-0.05, 0) is 41.6 Å². The summed E-state index contributed by atoms with van der Waals surface area (Å²) in [5.41, 5.74) is 0. The summed E-state index contributed by atoms with van der Waals surface area (Å²) in [6.07, 6.45) is 4.24. The molecule has 2 radical (unpaired) electrons. The van der Waals surface area contributed by atoms with Crippen molar-refractivity contribution in [1.29, 1.82) is 0 Å². The van der Waals surface area contributed by atoms with Crippen molar-refractivity contribution < 1.29 is 13.8 Å². The quantitative estimate of drug-likeness (QED) is 0.469. The molecule has 3 nitrogen and oxygen atoms in total. The van der Waals surface area contributed by atoms with E-state index in [-0.39, 0.29) is 12.1 Å². The normalized spacial score (nSPS) is 28.1. The van der Waals surface area contributed by atoms with Gasteiger partial charge in [0, 0.05) is 12.2 Å². The first-order chi connectivity index (χ1) is 9.38. The van der Waals surface area contributed by atoms with Gasteiger partial charge in [-0.3, -0.25) is 0 Å². The molecule has 6 heteroatoms. The SMILES string of the molecule is [B][C@H]1C[C@@H](CC(C)C)[C@@H](CCP[P+](=O)OCC(C)C)O1. The number of hydrogen-bond acceptors (Lipinski definition) is 3. The average molecular weight is 317 g/mol. The van der Waals surface area contributed by atoms with Crippen LogP contribution in [0.4, 0.5) is 0 Å². The molecule has 1 heterocycles. The molecule has 5 atom stereocenters. The zero-order valence-electron chi connectivity index (χ0n) is 13.2. The van der Waals surface area contributed by atoms with Gasteiger partial charge < -0.3 is 4.74 Å². The molecule has 0 aromatic carbocycles. The van der Waals surface area contributed by atoms with Crippen molar-refractivity contribution in [3.8, 4) is 0 Å². The van der Waals surface area contributed by atoms with E-state index in [0.29, 0.717) is 32.6 Å². The summed E-state index contributed by atoms with van der Waals surface area (Å²) >= 11 is 0. The second-order valence-corrected chi connectivity index (χ2v) is 10.1. The van der Waals surface area contributed by atoms with E-state index in [1.165, 1.54) is 0 Å². The average Bonchev–Trinajstić information content (AvgIpc) is 2.66. The van der Waals surface area contributed by atoms with E-state index in [1.54, 1.807) is 0 Å². The molecule has 0 bridgehead atoms. The molecular weight excluding hydrogens is 289 g/mol. The molecular formula is C14H28BO3P2+. The molecule has 2 unspecified atom stereocenters. The molecule has 1 aliphatic heterocycles. The minimum absolute atomic E-state index is 0.113. The van der Waals surface area contributed by atoms with E-state index in [1.807, 2.05) is 0 Å². The Bertz CT molecular complexity index is 300. The standard InChI is InChI=1S/C14H28BO3P2/c1-10(2)7-12-8-14(15)18-13(12)5-6-19-20(16)17-9-11(3)4/h10-14,19H,5-9H2,1-4H3/q+1/t12-,13-,14-/m1/s1. The maximum absolute atomic E-state index is 11.7. The molecule has 20 heavy (non-hydrogen) atoms. The van der Waals surface area contributed by atoms with Crippen LogP contribution in [-0.2, 0) is 13.8 Å². The van der Waals surface area contributed by atoms with Crippen molar-refractivity contribution in [2.45, 2.75) is 59.1 Å². The van der Waals surface area contributed by atoms with Gasteiger partial charge in [0.05, 0.1) is 6.10 Å². The molecule has 0 aromatic heterocycles. The van der Waals surface area contributed by atoms with Crippen LogP contribution < -0.4 is 0 Å². The van der Waals surface area contributed by atoms with Crippen LogP contribution in [0.2, 0.25) is 0 Å². The van der Waals surface area contributed by atoms with Gasteiger partial charge in [-0.15, -0.1) is 4.52 Å². The predicted molar refractivity (Wildman–Crippen MR) is 88.2 cm³/mol. The third-order valence-corrected chi connectivity index (χ3v) is 6.37. The lowest BCUT2D eigenvalue weighted by atomic mass is 9.85. The van der Waals surface area contributed by atoms with Crippen LogP contribution >= 0.6 is 16.0 Å². The van der Waals surface area contributed by atoms with Crippen molar-refractivity contribution >= 4 is 23.8 Å². The molecule has 1 aliphatic rings. The van der Waals surface area contributed by atoms with Gasteiger partial charge in [0.1, 0.15) is 14.5 Å². The van der Waals surface area contributed by atoms with E-state index in [9.17, 15) is 4.57 Å². The van der Waals surface area contributed by atoms with Crippen LogP contribution in [0, 0.1) is 17.8 Å². The van der Waals surface area contributed by atoms with Crippen molar-refractivity contribution in [2.75, 3.05) is 12.8 Å². The van der Waals surface area contributed by atoms with Gasteiger partial charge in [-0.1, -0.05) is 27.7 Å². The Morgan fingerprint density at radius 1 is 1.35 bits per heavy atom. The Labute approximate surface area is 127 Å². The van der Waals surface area contributed by atoms with Crippen LogP contribution in [0.1, 0.15) is 47.0 Å². The smallest absolute Gasteiger partial charge is 0.384 e. The first kappa shape index (κ1) is 18.6. The molecule has 1 fully saturated rings. The fourth-order valence-corrected chi connectivity index (χ4v) is 5.11. The Kier molecular flexibility index (Phi) is 8.83. The monoisotopic (exact) mass is 317 g/mol. The molecule has 0 amide bonds. The Balaban J connectivity index is 2.24. The summed E-state index contributed by atoms with van der Waals surface area (Å²) in [6, 6.07) is -0.113. The highest BCUT2D eigenvalue weighted by atomic mass is 32.0. The van der Waals surface area contributed by atoms with Crippen LogP contribution in [0.25, 0.3) is 0 Å². The lowest BCUT2D eigenvalue weighted by Crippen LogP contribution is -2.18. The van der Waals surface area contributed by atoms with E-state index >= 15 is 0 Å². The molecule has 0 saturated carbocycles. The second-order valence-electron chi connectivity index (χ2n) is 6.48. The van der Waals surface area contributed by atoms with Crippen molar-refractivity contribution in [3.63, 3.8) is 0 Å². The zero-order valence-corrected chi connectivity index (χ0v) is 15.1. The highest BCUT2D eigenvalue weighted by Gasteiger charge is 2.33. The molecule has 0 N–H and O–H groups in total. The molecule has 114 valence electrons. The molecule has 0 aliphatic carbocycles. The number of hydrogen-bond donors (Lipinski definition) is 0. The minimum atomic E-state index is -1.48. The van der Waals surface area contributed by atoms with E-state index in [0.717, 1.165) is 25.4 Å². The van der Waals surface area contributed by atoms with Gasteiger partial charge in [-0.2, -0.15) is 0 Å². The van der Waals surface area contributed by atoms with Crippen molar-refractivity contribution in [1.82, 2.24) is 0 Å². The van der Waals surface area contributed by atoms with Gasteiger partial charge in [0.2, 0.25) is 0 Å². The summed E-state index contributed by atoms with van der Waals surface area (Å²) in [5, 5.41) is 0. The second kappa shape index (κ2) is 9.52. The summed E-state index contributed by atoms with van der Waals surface area (Å²) in [7, 11) is 4.79. The lowest BCUT2D eigenvalue weighted by Gasteiger charge is -2.19. The zero-order chi connectivity index (χ0) is 15.1. The largest absolute Gasteiger partial charge is 0.520 e. The van der Waals surface area contributed by atoms with E-state index < -0.39 is 7.72 Å². The van der Waals surface area contributed by atoms with Crippen LogP contribution in [0.3, 0.4) is 0 Å². The van der Waals surface area contributed by atoms with Gasteiger partial charge in [0.25, 0.3) is 0 Å². The summed E-state index contributed by atoms with van der Waals surface area (Å²) in [5.74, 6) is 1.67. The number of rotatable bonds is 9. The van der Waals surface area contributed by atoms with Crippen LogP contribution in [0.15, 0.2) is 0 Å². The van der Waals surface area contributed by atoms with E-state index in [4.69, 9.17) is 17.1 Å². The van der Waals surface area contributed by atoms with Gasteiger partial charge in [-0.25, -0.2) is 0 Å². The fourth-order valence-electron chi connectivity index (χ4n) is 2.56.